The molecule has 0 amide bonds. The zero-order chi connectivity index (χ0) is 11.3. The third-order valence-electron chi connectivity index (χ3n) is 2.28. The Bertz CT molecular complexity index is 330. The molecule has 0 aromatic carbocycles. The molecule has 0 spiro atoms. The Hall–Kier alpha value is -0.650. The first-order valence-electron chi connectivity index (χ1n) is 5.15. The number of nitrogens with zero attached hydrogens (tertiary/aromatic N) is 1. The molecule has 0 radical (unpaired) electrons. The number of nitrogens with two attached hydrogens (primary N) is 1. The first kappa shape index (κ1) is 15.3. The average molecular weight is 265 g/mol. The minimum Gasteiger partial charge on any atom is -0.323 e. The van der Waals surface area contributed by atoms with E-state index >= 15 is 0 Å². The normalized spacial score (nSPS) is 11.9. The maximum absolute atomic E-state index is 10.5. The standard InChI is InChI=1S/C10H16N2O2S.ClH/c1-2-3-4-5-8(11)9-6-7-10(15-9)12(13)14;/h6-8H,2-5,11H2,1H3;1H/t8-;/m0./s1. The highest BCUT2D eigenvalue weighted by Gasteiger charge is 2.14. The van der Waals surface area contributed by atoms with Crippen LogP contribution in [0.2, 0.25) is 0 Å². The number of thiophene rings is 1. The number of hydrogen-bond acceptors (Lipinski definition) is 4. The summed E-state index contributed by atoms with van der Waals surface area (Å²) in [5.41, 5.74) is 5.94. The van der Waals surface area contributed by atoms with Crippen LogP contribution in [0, 0.1) is 10.1 Å². The zero-order valence-corrected chi connectivity index (χ0v) is 10.9. The minimum atomic E-state index is -0.368. The van der Waals surface area contributed by atoms with Crippen LogP contribution in [0.5, 0.6) is 0 Å². The summed E-state index contributed by atoms with van der Waals surface area (Å²) in [7, 11) is 0. The fraction of sp³-hybridized carbons (Fsp3) is 0.600. The SMILES string of the molecule is CCCCC[C@H](N)c1ccc([N+](=O)[O-])s1.Cl. The van der Waals surface area contributed by atoms with E-state index in [4.69, 9.17) is 5.73 Å². The van der Waals surface area contributed by atoms with Crippen molar-refractivity contribution in [3.63, 3.8) is 0 Å². The Morgan fingerprint density at radius 2 is 2.19 bits per heavy atom. The van der Waals surface area contributed by atoms with Crippen LogP contribution in [0.3, 0.4) is 0 Å². The number of halogens is 1. The number of unbranched alkanes of at least 4 members (excludes halogenated alkanes) is 2. The van der Waals surface area contributed by atoms with Crippen LogP contribution < -0.4 is 5.73 Å². The second kappa shape index (κ2) is 7.60. The molecule has 0 aliphatic carbocycles. The lowest BCUT2D eigenvalue weighted by Crippen LogP contribution is -2.07. The maximum Gasteiger partial charge on any atom is 0.324 e. The predicted octanol–water partition coefficient (Wildman–Crippen LogP) is 3.66. The Morgan fingerprint density at radius 1 is 1.50 bits per heavy atom. The van der Waals surface area contributed by atoms with Crippen molar-refractivity contribution in [2.24, 2.45) is 5.73 Å². The van der Waals surface area contributed by atoms with Crippen molar-refractivity contribution in [2.75, 3.05) is 0 Å². The summed E-state index contributed by atoms with van der Waals surface area (Å²) in [6.45, 7) is 2.14. The van der Waals surface area contributed by atoms with E-state index in [1.807, 2.05) is 0 Å². The lowest BCUT2D eigenvalue weighted by Gasteiger charge is -2.07. The van der Waals surface area contributed by atoms with Gasteiger partial charge in [-0.3, -0.25) is 10.1 Å². The van der Waals surface area contributed by atoms with Crippen LogP contribution in [0.15, 0.2) is 12.1 Å². The molecule has 0 aliphatic rings. The highest BCUT2D eigenvalue weighted by molar-refractivity contribution is 7.15. The van der Waals surface area contributed by atoms with E-state index in [0.29, 0.717) is 0 Å². The highest BCUT2D eigenvalue weighted by atomic mass is 35.5. The molecule has 1 aromatic rings. The summed E-state index contributed by atoms with van der Waals surface area (Å²) in [5.74, 6) is 0. The largest absolute Gasteiger partial charge is 0.324 e. The monoisotopic (exact) mass is 264 g/mol. The first-order valence-corrected chi connectivity index (χ1v) is 5.96. The fourth-order valence-electron chi connectivity index (χ4n) is 1.40. The van der Waals surface area contributed by atoms with Gasteiger partial charge in [0.15, 0.2) is 0 Å². The van der Waals surface area contributed by atoms with Crippen molar-refractivity contribution in [1.29, 1.82) is 0 Å². The molecule has 16 heavy (non-hydrogen) atoms. The quantitative estimate of drug-likeness (QED) is 0.484. The van der Waals surface area contributed by atoms with Gasteiger partial charge in [0.25, 0.3) is 0 Å². The molecule has 1 heterocycles. The topological polar surface area (TPSA) is 69.2 Å². The molecule has 0 fully saturated rings. The van der Waals surface area contributed by atoms with E-state index in [1.54, 1.807) is 6.07 Å². The third-order valence-corrected chi connectivity index (χ3v) is 3.45. The second-order valence-electron chi connectivity index (χ2n) is 3.54. The molecule has 0 saturated heterocycles. The van der Waals surface area contributed by atoms with Gasteiger partial charge in [-0.25, -0.2) is 0 Å². The Morgan fingerprint density at radius 3 is 2.69 bits per heavy atom. The summed E-state index contributed by atoms with van der Waals surface area (Å²) in [5, 5.41) is 10.6. The van der Waals surface area contributed by atoms with Gasteiger partial charge in [-0.15, -0.1) is 12.4 Å². The molecular formula is C10H17ClN2O2S. The van der Waals surface area contributed by atoms with Crippen LogP contribution in [0.1, 0.15) is 43.5 Å². The van der Waals surface area contributed by atoms with Crippen molar-refractivity contribution >= 4 is 28.7 Å². The van der Waals surface area contributed by atoms with Crippen LogP contribution in [-0.4, -0.2) is 4.92 Å². The lowest BCUT2D eigenvalue weighted by molar-refractivity contribution is -0.380. The molecule has 1 atom stereocenters. The van der Waals surface area contributed by atoms with Gasteiger partial charge in [0.2, 0.25) is 0 Å². The number of hydrogen-bond donors (Lipinski definition) is 1. The molecule has 1 aromatic heterocycles. The van der Waals surface area contributed by atoms with Crippen molar-refractivity contribution in [3.8, 4) is 0 Å². The van der Waals surface area contributed by atoms with E-state index in [2.05, 4.69) is 6.92 Å². The smallest absolute Gasteiger partial charge is 0.323 e. The zero-order valence-electron chi connectivity index (χ0n) is 9.22. The molecule has 0 bridgehead atoms. The van der Waals surface area contributed by atoms with E-state index < -0.39 is 0 Å². The number of rotatable bonds is 6. The van der Waals surface area contributed by atoms with Gasteiger partial charge < -0.3 is 5.73 Å². The fourth-order valence-corrected chi connectivity index (χ4v) is 2.25. The van der Waals surface area contributed by atoms with Gasteiger partial charge >= 0.3 is 5.00 Å². The van der Waals surface area contributed by atoms with Crippen LogP contribution in [0.25, 0.3) is 0 Å². The van der Waals surface area contributed by atoms with Crippen LogP contribution in [0.4, 0.5) is 5.00 Å². The molecule has 6 heteroatoms. The molecule has 1 rings (SSSR count). The first-order chi connectivity index (χ1) is 7.15. The Kier molecular flexibility index (Phi) is 7.29. The molecule has 0 unspecified atom stereocenters. The third kappa shape index (κ3) is 4.47. The molecule has 4 nitrogen and oxygen atoms in total. The van der Waals surface area contributed by atoms with E-state index in [1.165, 1.54) is 23.8 Å². The molecule has 2 N–H and O–H groups in total. The van der Waals surface area contributed by atoms with E-state index in [0.717, 1.165) is 24.1 Å². The average Bonchev–Trinajstić information content (AvgIpc) is 2.66. The predicted molar refractivity (Wildman–Crippen MR) is 69.3 cm³/mol. The minimum absolute atomic E-state index is 0. The van der Waals surface area contributed by atoms with Gasteiger partial charge in [-0.1, -0.05) is 37.5 Å². The van der Waals surface area contributed by atoms with Crippen molar-refractivity contribution in [2.45, 2.75) is 38.6 Å². The Labute approximate surface area is 105 Å². The molecular weight excluding hydrogens is 248 g/mol. The summed E-state index contributed by atoms with van der Waals surface area (Å²) >= 11 is 1.18. The molecule has 92 valence electrons. The number of nitro groups is 1. The van der Waals surface area contributed by atoms with Crippen LogP contribution in [-0.2, 0) is 0 Å². The summed E-state index contributed by atoms with van der Waals surface area (Å²) in [6.07, 6.45) is 4.33. The summed E-state index contributed by atoms with van der Waals surface area (Å²) < 4.78 is 0. The Balaban J connectivity index is 0.00000225. The molecule has 0 aliphatic heterocycles. The second-order valence-corrected chi connectivity index (χ2v) is 4.63. The van der Waals surface area contributed by atoms with Gasteiger partial charge in [0.1, 0.15) is 0 Å². The van der Waals surface area contributed by atoms with Gasteiger partial charge in [-0.2, -0.15) is 0 Å². The van der Waals surface area contributed by atoms with Gasteiger partial charge in [0, 0.05) is 17.0 Å². The van der Waals surface area contributed by atoms with Crippen molar-refractivity contribution < 1.29 is 4.92 Å². The van der Waals surface area contributed by atoms with E-state index in [-0.39, 0.29) is 28.4 Å². The van der Waals surface area contributed by atoms with Gasteiger partial charge in [-0.05, 0) is 12.5 Å². The highest BCUT2D eigenvalue weighted by Crippen LogP contribution is 2.29. The lowest BCUT2D eigenvalue weighted by atomic mass is 10.1. The van der Waals surface area contributed by atoms with Crippen molar-refractivity contribution in [1.82, 2.24) is 0 Å². The summed E-state index contributed by atoms with van der Waals surface area (Å²) in [4.78, 5) is 11.0. The molecule has 0 saturated carbocycles. The van der Waals surface area contributed by atoms with E-state index in [9.17, 15) is 10.1 Å². The van der Waals surface area contributed by atoms with Gasteiger partial charge in [0.05, 0.1) is 4.92 Å². The summed E-state index contributed by atoms with van der Waals surface area (Å²) in [6, 6.07) is 3.24. The maximum atomic E-state index is 10.5. The van der Waals surface area contributed by atoms with Crippen molar-refractivity contribution in [3.05, 3.63) is 27.1 Å². The van der Waals surface area contributed by atoms with Crippen LogP contribution >= 0.6 is 23.7 Å².